The highest BCUT2D eigenvalue weighted by Gasteiger charge is 2.12. The van der Waals surface area contributed by atoms with Crippen LogP contribution in [-0.4, -0.2) is 5.25 Å². The Morgan fingerprint density at radius 1 is 1.38 bits per heavy atom. The van der Waals surface area contributed by atoms with Crippen molar-refractivity contribution in [2.45, 2.75) is 25.0 Å². The second-order valence-corrected chi connectivity index (χ2v) is 3.15. The van der Waals surface area contributed by atoms with Gasteiger partial charge in [0, 0.05) is 5.25 Å². The van der Waals surface area contributed by atoms with E-state index in [-0.39, 0.29) is 0 Å². The lowest BCUT2D eigenvalue weighted by Gasteiger charge is -2.19. The minimum Gasteiger partial charge on any atom is -0.175 e. The first kappa shape index (κ1) is 6.21. The highest BCUT2D eigenvalue weighted by molar-refractivity contribution is 7.81. The molecule has 0 fully saturated rings. The first-order valence-corrected chi connectivity index (χ1v) is 3.65. The number of rotatable bonds is 0. The fourth-order valence-electron chi connectivity index (χ4n) is 0.936. The van der Waals surface area contributed by atoms with E-state index >= 15 is 0 Å². The van der Waals surface area contributed by atoms with E-state index in [2.05, 4.69) is 31.7 Å². The molecule has 0 radical (unpaired) electrons. The van der Waals surface area contributed by atoms with Gasteiger partial charge in [0.25, 0.3) is 0 Å². The molecule has 1 aliphatic rings. The molecular weight excluding hydrogens is 116 g/mol. The monoisotopic (exact) mass is 128 g/mol. The first-order valence-electron chi connectivity index (χ1n) is 3.14. The van der Waals surface area contributed by atoms with E-state index in [1.165, 1.54) is 6.42 Å². The van der Waals surface area contributed by atoms with Crippen LogP contribution in [0.5, 0.6) is 0 Å². The van der Waals surface area contributed by atoms with E-state index in [0.29, 0.717) is 5.25 Å². The maximum atomic E-state index is 4.40. The van der Waals surface area contributed by atoms with Crippen LogP contribution in [-0.2, 0) is 0 Å². The molecule has 46 valence electrons. The molecule has 0 N–H and O–H groups in total. The van der Waals surface area contributed by atoms with Gasteiger partial charge in [0.1, 0.15) is 0 Å². The lowest BCUT2D eigenvalue weighted by molar-refractivity contribution is 0.545. The SMILES string of the molecule is CC1CC=CCC1S. The van der Waals surface area contributed by atoms with Gasteiger partial charge >= 0.3 is 0 Å². The summed E-state index contributed by atoms with van der Waals surface area (Å²) in [5, 5.41) is 0.611. The van der Waals surface area contributed by atoms with Crippen LogP contribution in [0.3, 0.4) is 0 Å². The number of thiol groups is 1. The molecule has 2 atom stereocenters. The Bertz CT molecular complexity index is 84.6. The highest BCUT2D eigenvalue weighted by atomic mass is 32.1. The minimum atomic E-state index is 0.611. The van der Waals surface area contributed by atoms with Gasteiger partial charge in [-0.15, -0.1) is 0 Å². The van der Waals surface area contributed by atoms with Crippen LogP contribution in [0, 0.1) is 5.92 Å². The maximum absolute atomic E-state index is 4.40. The molecule has 0 spiro atoms. The summed E-state index contributed by atoms with van der Waals surface area (Å²) in [6.45, 7) is 2.25. The Morgan fingerprint density at radius 2 is 2.00 bits per heavy atom. The molecule has 0 aromatic carbocycles. The van der Waals surface area contributed by atoms with Crippen LogP contribution in [0.1, 0.15) is 19.8 Å². The van der Waals surface area contributed by atoms with Gasteiger partial charge in [0.05, 0.1) is 0 Å². The second kappa shape index (κ2) is 2.58. The number of hydrogen-bond acceptors (Lipinski definition) is 1. The number of hydrogen-bond donors (Lipinski definition) is 1. The van der Waals surface area contributed by atoms with Crippen LogP contribution < -0.4 is 0 Å². The Morgan fingerprint density at radius 3 is 2.38 bits per heavy atom. The van der Waals surface area contributed by atoms with E-state index in [1.54, 1.807) is 0 Å². The van der Waals surface area contributed by atoms with Crippen molar-refractivity contribution in [2.75, 3.05) is 0 Å². The lowest BCUT2D eigenvalue weighted by atomic mass is 9.96. The van der Waals surface area contributed by atoms with Gasteiger partial charge in [-0.1, -0.05) is 19.1 Å². The summed E-state index contributed by atoms with van der Waals surface area (Å²) in [5.41, 5.74) is 0. The number of allylic oxidation sites excluding steroid dienone is 2. The van der Waals surface area contributed by atoms with Crippen molar-refractivity contribution in [3.05, 3.63) is 12.2 Å². The van der Waals surface area contributed by atoms with Crippen molar-refractivity contribution in [3.63, 3.8) is 0 Å². The van der Waals surface area contributed by atoms with Gasteiger partial charge < -0.3 is 0 Å². The first-order chi connectivity index (χ1) is 3.80. The predicted octanol–water partition coefficient (Wildman–Crippen LogP) is 2.27. The summed E-state index contributed by atoms with van der Waals surface area (Å²) < 4.78 is 0. The van der Waals surface area contributed by atoms with Crippen LogP contribution in [0.15, 0.2) is 12.2 Å². The molecule has 0 saturated heterocycles. The molecule has 0 aliphatic heterocycles. The van der Waals surface area contributed by atoms with E-state index < -0.39 is 0 Å². The zero-order chi connectivity index (χ0) is 5.98. The molecule has 1 rings (SSSR count). The third-order valence-corrected chi connectivity index (χ3v) is 2.43. The van der Waals surface area contributed by atoms with Crippen molar-refractivity contribution < 1.29 is 0 Å². The average Bonchev–Trinajstić information content (AvgIpc) is 1.77. The fourth-order valence-corrected chi connectivity index (χ4v) is 1.18. The van der Waals surface area contributed by atoms with Gasteiger partial charge in [-0.25, -0.2) is 0 Å². The molecule has 0 saturated carbocycles. The Balaban J connectivity index is 2.44. The largest absolute Gasteiger partial charge is 0.175 e. The lowest BCUT2D eigenvalue weighted by Crippen LogP contribution is -2.12. The summed E-state index contributed by atoms with van der Waals surface area (Å²) in [4.78, 5) is 0. The van der Waals surface area contributed by atoms with Crippen LogP contribution in [0.2, 0.25) is 0 Å². The molecule has 1 heteroatoms. The quantitative estimate of drug-likeness (QED) is 0.375. The van der Waals surface area contributed by atoms with Crippen molar-refractivity contribution >= 4 is 12.6 Å². The van der Waals surface area contributed by atoms with Crippen molar-refractivity contribution in [1.29, 1.82) is 0 Å². The van der Waals surface area contributed by atoms with E-state index in [1.807, 2.05) is 0 Å². The second-order valence-electron chi connectivity index (χ2n) is 2.49. The summed E-state index contributed by atoms with van der Waals surface area (Å²) in [5.74, 6) is 0.781. The molecule has 0 aromatic rings. The summed E-state index contributed by atoms with van der Waals surface area (Å²) >= 11 is 4.40. The third-order valence-electron chi connectivity index (χ3n) is 1.71. The van der Waals surface area contributed by atoms with Gasteiger partial charge in [0.2, 0.25) is 0 Å². The standard InChI is InChI=1S/C7H12S/c1-6-4-2-3-5-7(6)8/h2-3,6-8H,4-5H2,1H3. The molecule has 0 heterocycles. The topological polar surface area (TPSA) is 0 Å². The third kappa shape index (κ3) is 1.28. The smallest absolute Gasteiger partial charge is 0.00798 e. The molecule has 0 nitrogen and oxygen atoms in total. The fraction of sp³-hybridized carbons (Fsp3) is 0.714. The van der Waals surface area contributed by atoms with Crippen LogP contribution >= 0.6 is 12.6 Å². The normalized spacial score (nSPS) is 37.8. The summed E-state index contributed by atoms with van der Waals surface area (Å²) in [6.07, 6.45) is 6.84. The van der Waals surface area contributed by atoms with Gasteiger partial charge in [0.15, 0.2) is 0 Å². The maximum Gasteiger partial charge on any atom is 0.00798 e. The molecule has 1 aliphatic carbocycles. The average molecular weight is 128 g/mol. The van der Waals surface area contributed by atoms with Crippen LogP contribution in [0.25, 0.3) is 0 Å². The zero-order valence-corrected chi connectivity index (χ0v) is 6.07. The summed E-state index contributed by atoms with van der Waals surface area (Å²) in [6, 6.07) is 0. The van der Waals surface area contributed by atoms with Crippen molar-refractivity contribution in [2.24, 2.45) is 5.92 Å². The van der Waals surface area contributed by atoms with E-state index in [9.17, 15) is 0 Å². The Hall–Kier alpha value is 0.0900. The molecule has 0 amide bonds. The van der Waals surface area contributed by atoms with E-state index in [0.717, 1.165) is 12.3 Å². The molecule has 8 heavy (non-hydrogen) atoms. The van der Waals surface area contributed by atoms with E-state index in [4.69, 9.17) is 0 Å². The van der Waals surface area contributed by atoms with Crippen LogP contribution in [0.4, 0.5) is 0 Å². The van der Waals surface area contributed by atoms with Crippen molar-refractivity contribution in [1.82, 2.24) is 0 Å². The molecule has 0 bridgehead atoms. The zero-order valence-electron chi connectivity index (χ0n) is 5.17. The van der Waals surface area contributed by atoms with Gasteiger partial charge in [-0.05, 0) is 18.8 Å². The Labute approximate surface area is 56.4 Å². The molecule has 2 unspecified atom stereocenters. The molecule has 0 aromatic heterocycles. The minimum absolute atomic E-state index is 0.611. The van der Waals surface area contributed by atoms with Crippen molar-refractivity contribution in [3.8, 4) is 0 Å². The molecular formula is C7H12S. The van der Waals surface area contributed by atoms with Gasteiger partial charge in [-0.3, -0.25) is 0 Å². The Kier molecular flexibility index (Phi) is 2.01. The van der Waals surface area contributed by atoms with Gasteiger partial charge in [-0.2, -0.15) is 12.6 Å². The summed E-state index contributed by atoms with van der Waals surface area (Å²) in [7, 11) is 0. The predicted molar refractivity (Wildman–Crippen MR) is 40.3 cm³/mol. The highest BCUT2D eigenvalue weighted by Crippen LogP contribution is 2.22.